The van der Waals surface area contributed by atoms with Gasteiger partial charge in [-0.05, 0) is 63.4 Å². The third kappa shape index (κ3) is 6.35. The molecule has 2 aromatic rings. The van der Waals surface area contributed by atoms with E-state index < -0.39 is 16.0 Å². The van der Waals surface area contributed by atoms with E-state index in [4.69, 9.17) is 13.9 Å². The second-order valence-corrected chi connectivity index (χ2v) is 9.91. The Bertz CT molecular complexity index is 1050. The van der Waals surface area contributed by atoms with Gasteiger partial charge in [0.05, 0.1) is 12.7 Å². The van der Waals surface area contributed by atoms with E-state index in [2.05, 4.69) is 5.32 Å². The average molecular weight is 479 g/mol. The van der Waals surface area contributed by atoms with Crippen LogP contribution in [-0.4, -0.2) is 50.4 Å². The van der Waals surface area contributed by atoms with Crippen LogP contribution in [0.3, 0.4) is 0 Å². The highest BCUT2D eigenvalue weighted by atomic mass is 32.2. The van der Waals surface area contributed by atoms with Crippen molar-refractivity contribution < 1.29 is 31.9 Å². The Morgan fingerprint density at radius 3 is 2.39 bits per heavy atom. The summed E-state index contributed by atoms with van der Waals surface area (Å²) in [6.45, 7) is 6.50. The molecule has 0 radical (unpaired) electrons. The van der Waals surface area contributed by atoms with E-state index in [9.17, 15) is 18.0 Å². The number of nitrogens with one attached hydrogen (secondary N) is 1. The van der Waals surface area contributed by atoms with Gasteiger partial charge in [0.15, 0.2) is 0 Å². The first-order valence-electron chi connectivity index (χ1n) is 11.0. The highest BCUT2D eigenvalue weighted by Gasteiger charge is 2.34. The molecule has 0 bridgehead atoms. The fourth-order valence-electron chi connectivity index (χ4n) is 3.55. The van der Waals surface area contributed by atoms with Crippen LogP contribution in [0, 0.1) is 5.92 Å². The fourth-order valence-corrected chi connectivity index (χ4v) is 4.93. The number of carbonyl (C=O) groups excluding carboxylic acids is 2. The van der Waals surface area contributed by atoms with E-state index in [1.807, 2.05) is 38.1 Å². The lowest BCUT2D eigenvalue weighted by Gasteiger charge is -2.29. The average Bonchev–Trinajstić information content (AvgIpc) is 3.30. The molecule has 9 nitrogen and oxygen atoms in total. The van der Waals surface area contributed by atoms with E-state index in [0.717, 1.165) is 11.3 Å². The van der Waals surface area contributed by atoms with E-state index in [1.54, 1.807) is 6.92 Å². The molecule has 1 aromatic heterocycles. The van der Waals surface area contributed by atoms with Crippen molar-refractivity contribution in [2.75, 3.05) is 19.7 Å². The largest absolute Gasteiger partial charge is 0.491 e. The van der Waals surface area contributed by atoms with Gasteiger partial charge in [-0.15, -0.1) is 0 Å². The molecule has 1 saturated heterocycles. The van der Waals surface area contributed by atoms with Gasteiger partial charge in [-0.25, -0.2) is 13.2 Å². The molecule has 0 saturated carbocycles. The van der Waals surface area contributed by atoms with Crippen LogP contribution < -0.4 is 10.1 Å². The monoisotopic (exact) mass is 478 g/mol. The Labute approximate surface area is 194 Å². The topological polar surface area (TPSA) is 115 Å². The number of esters is 1. The minimum Gasteiger partial charge on any atom is -0.491 e. The normalized spacial score (nSPS) is 15.4. The second-order valence-electron chi connectivity index (χ2n) is 8.05. The SMILES string of the molecule is CCOC(=O)c1ccc(S(=O)(=O)N2CCC(C(=O)NCc3ccc(OC(C)C)cc3)CC2)o1. The summed E-state index contributed by atoms with van der Waals surface area (Å²) in [6, 6.07) is 10.1. The molecule has 10 heteroatoms. The van der Waals surface area contributed by atoms with Crippen molar-refractivity contribution in [1.82, 2.24) is 9.62 Å². The van der Waals surface area contributed by atoms with Crippen LogP contribution >= 0.6 is 0 Å². The molecule has 0 spiro atoms. The summed E-state index contributed by atoms with van der Waals surface area (Å²) in [6.07, 6.45) is 0.896. The van der Waals surface area contributed by atoms with Gasteiger partial charge in [-0.3, -0.25) is 4.79 Å². The van der Waals surface area contributed by atoms with Gasteiger partial charge in [0.25, 0.3) is 10.0 Å². The summed E-state index contributed by atoms with van der Waals surface area (Å²) >= 11 is 0. The van der Waals surface area contributed by atoms with Gasteiger partial charge in [0.1, 0.15) is 5.75 Å². The minimum absolute atomic E-state index is 0.0950. The van der Waals surface area contributed by atoms with Crippen molar-refractivity contribution in [3.05, 3.63) is 47.7 Å². The van der Waals surface area contributed by atoms with Crippen LogP contribution in [0.15, 0.2) is 45.9 Å². The maximum atomic E-state index is 12.8. The number of sulfonamides is 1. The van der Waals surface area contributed by atoms with E-state index >= 15 is 0 Å². The van der Waals surface area contributed by atoms with Crippen molar-refractivity contribution in [2.24, 2.45) is 5.92 Å². The zero-order valence-corrected chi connectivity index (χ0v) is 19.9. The van der Waals surface area contributed by atoms with Crippen molar-refractivity contribution in [1.29, 1.82) is 0 Å². The van der Waals surface area contributed by atoms with Crippen LogP contribution in [0.25, 0.3) is 0 Å². The first kappa shape index (κ1) is 24.8. The molecular formula is C23H30N2O7S. The van der Waals surface area contributed by atoms with Crippen LogP contribution in [0.1, 0.15) is 49.7 Å². The lowest BCUT2D eigenvalue weighted by molar-refractivity contribution is -0.126. The maximum absolute atomic E-state index is 12.8. The number of benzene rings is 1. The third-order valence-electron chi connectivity index (χ3n) is 5.24. The standard InChI is InChI=1S/C23H30N2O7S/c1-4-30-23(27)20-9-10-21(32-20)33(28,29)25-13-11-18(12-14-25)22(26)24-15-17-5-7-19(8-6-17)31-16(2)3/h5-10,16,18H,4,11-15H2,1-3H3,(H,24,26). The Balaban J connectivity index is 1.50. The molecular weight excluding hydrogens is 448 g/mol. The summed E-state index contributed by atoms with van der Waals surface area (Å²) in [4.78, 5) is 24.3. The quantitative estimate of drug-likeness (QED) is 0.551. The number of ether oxygens (including phenoxy) is 2. The van der Waals surface area contributed by atoms with Crippen LogP contribution in [-0.2, 0) is 26.1 Å². The van der Waals surface area contributed by atoms with E-state index in [1.165, 1.54) is 16.4 Å². The fraction of sp³-hybridized carbons (Fsp3) is 0.478. The van der Waals surface area contributed by atoms with Gasteiger partial charge < -0.3 is 19.2 Å². The van der Waals surface area contributed by atoms with Gasteiger partial charge in [0.2, 0.25) is 16.8 Å². The van der Waals surface area contributed by atoms with Crippen molar-refractivity contribution >= 4 is 21.9 Å². The predicted molar refractivity (Wildman–Crippen MR) is 120 cm³/mol. The molecule has 1 fully saturated rings. The molecule has 0 atom stereocenters. The zero-order valence-electron chi connectivity index (χ0n) is 19.1. The van der Waals surface area contributed by atoms with E-state index in [-0.39, 0.29) is 48.5 Å². The number of amides is 1. The summed E-state index contributed by atoms with van der Waals surface area (Å²) < 4.78 is 42.6. The van der Waals surface area contributed by atoms with Gasteiger partial charge in [0, 0.05) is 25.6 Å². The van der Waals surface area contributed by atoms with Crippen LogP contribution in [0.5, 0.6) is 5.75 Å². The smallest absolute Gasteiger partial charge is 0.374 e. The number of furan rings is 1. The van der Waals surface area contributed by atoms with Gasteiger partial charge in [-0.1, -0.05) is 12.1 Å². The summed E-state index contributed by atoms with van der Waals surface area (Å²) in [7, 11) is -3.89. The molecule has 0 aliphatic carbocycles. The van der Waals surface area contributed by atoms with Gasteiger partial charge >= 0.3 is 5.97 Å². The molecule has 1 aliphatic rings. The molecule has 0 unspecified atom stereocenters. The molecule has 1 aromatic carbocycles. The molecule has 2 heterocycles. The minimum atomic E-state index is -3.89. The van der Waals surface area contributed by atoms with Gasteiger partial charge in [-0.2, -0.15) is 4.31 Å². The van der Waals surface area contributed by atoms with Crippen LogP contribution in [0.4, 0.5) is 0 Å². The summed E-state index contributed by atoms with van der Waals surface area (Å²) in [5.74, 6) is -0.464. The number of piperidine rings is 1. The summed E-state index contributed by atoms with van der Waals surface area (Å²) in [5.41, 5.74) is 0.953. The Morgan fingerprint density at radius 2 is 1.79 bits per heavy atom. The Kier molecular flexibility index (Phi) is 8.15. The number of carbonyl (C=O) groups is 2. The molecule has 3 rings (SSSR count). The molecule has 1 amide bonds. The second kappa shape index (κ2) is 10.8. The van der Waals surface area contributed by atoms with Crippen molar-refractivity contribution in [2.45, 2.75) is 51.4 Å². The number of rotatable bonds is 9. The van der Waals surface area contributed by atoms with E-state index in [0.29, 0.717) is 19.4 Å². The maximum Gasteiger partial charge on any atom is 0.374 e. The summed E-state index contributed by atoms with van der Waals surface area (Å²) in [5, 5.41) is 2.62. The third-order valence-corrected chi connectivity index (χ3v) is 7.01. The Hall–Kier alpha value is -2.85. The highest BCUT2D eigenvalue weighted by Crippen LogP contribution is 2.25. The van der Waals surface area contributed by atoms with Crippen molar-refractivity contribution in [3.63, 3.8) is 0 Å². The lowest BCUT2D eigenvalue weighted by atomic mass is 9.97. The first-order chi connectivity index (χ1) is 15.7. The first-order valence-corrected chi connectivity index (χ1v) is 12.4. The molecule has 1 aliphatic heterocycles. The number of nitrogens with zero attached hydrogens (tertiary/aromatic N) is 1. The number of hydrogen-bond acceptors (Lipinski definition) is 7. The lowest BCUT2D eigenvalue weighted by Crippen LogP contribution is -2.42. The molecule has 1 N–H and O–H groups in total. The Morgan fingerprint density at radius 1 is 1.12 bits per heavy atom. The van der Waals surface area contributed by atoms with Crippen molar-refractivity contribution in [3.8, 4) is 5.75 Å². The zero-order chi connectivity index (χ0) is 24.0. The van der Waals surface area contributed by atoms with Crippen LogP contribution in [0.2, 0.25) is 0 Å². The number of hydrogen-bond donors (Lipinski definition) is 1. The predicted octanol–water partition coefficient (Wildman–Crippen LogP) is 2.96. The molecule has 180 valence electrons. The molecule has 33 heavy (non-hydrogen) atoms. The highest BCUT2D eigenvalue weighted by molar-refractivity contribution is 7.89.